The van der Waals surface area contributed by atoms with Crippen molar-refractivity contribution in [3.63, 3.8) is 0 Å². The maximum absolute atomic E-state index is 10.9. The second-order valence-electron chi connectivity index (χ2n) is 3.87. The Morgan fingerprint density at radius 1 is 1.28 bits per heavy atom. The van der Waals surface area contributed by atoms with Gasteiger partial charge in [0.05, 0.1) is 18.1 Å². The Morgan fingerprint density at radius 2 is 2.00 bits per heavy atom. The molecule has 0 spiro atoms. The molecule has 0 heterocycles. The van der Waals surface area contributed by atoms with Crippen LogP contribution in [0.15, 0.2) is 12.1 Å². The summed E-state index contributed by atoms with van der Waals surface area (Å²) in [6.45, 7) is 4.84. The highest BCUT2D eigenvalue weighted by Gasteiger charge is 2.18. The van der Waals surface area contributed by atoms with Crippen LogP contribution in [-0.2, 0) is 4.74 Å². The number of ether oxygens (including phenoxy) is 2. The molecule has 18 heavy (non-hydrogen) atoms. The van der Waals surface area contributed by atoms with Crippen LogP contribution in [0.5, 0.6) is 5.75 Å². The van der Waals surface area contributed by atoms with Gasteiger partial charge in [-0.1, -0.05) is 6.07 Å². The number of rotatable bonds is 7. The van der Waals surface area contributed by atoms with Gasteiger partial charge in [0.2, 0.25) is 0 Å². The minimum absolute atomic E-state index is 0.00157. The van der Waals surface area contributed by atoms with E-state index >= 15 is 0 Å². The summed E-state index contributed by atoms with van der Waals surface area (Å²) in [4.78, 5) is 10.5. The molecule has 100 valence electrons. The Hall–Kier alpha value is -1.27. The Kier molecular flexibility index (Phi) is 5.94. The van der Waals surface area contributed by atoms with Crippen LogP contribution in [0, 0.1) is 24.0 Å². The molecule has 0 aliphatic heterocycles. The molecule has 0 saturated heterocycles. The summed E-state index contributed by atoms with van der Waals surface area (Å²) in [5.74, 6) is 0.962. The zero-order valence-corrected chi connectivity index (χ0v) is 11.4. The molecule has 0 bridgehead atoms. The van der Waals surface area contributed by atoms with Gasteiger partial charge in [0.1, 0.15) is 6.61 Å². The molecule has 0 aromatic heterocycles. The van der Waals surface area contributed by atoms with Crippen LogP contribution in [-0.4, -0.2) is 30.5 Å². The molecule has 0 N–H and O–H groups in total. The topological polar surface area (TPSA) is 61.6 Å². The van der Waals surface area contributed by atoms with Gasteiger partial charge in [-0.15, -0.1) is 0 Å². The highest BCUT2D eigenvalue weighted by atomic mass is 32.1. The molecular weight excluding hydrogens is 254 g/mol. The first-order chi connectivity index (χ1) is 8.56. The number of hydrogen-bond acceptors (Lipinski definition) is 5. The molecule has 1 aromatic carbocycles. The van der Waals surface area contributed by atoms with E-state index in [-0.39, 0.29) is 5.69 Å². The minimum atomic E-state index is -0.427. The second kappa shape index (κ2) is 7.23. The molecule has 0 fully saturated rings. The largest absolute Gasteiger partial charge is 0.484 e. The summed E-state index contributed by atoms with van der Waals surface area (Å²) < 4.78 is 10.6. The SMILES string of the molecule is Cc1cc(C)c(OCCOCCS)c([N+](=O)[O-])c1. The lowest BCUT2D eigenvalue weighted by molar-refractivity contribution is -0.386. The molecule has 0 aliphatic carbocycles. The molecule has 5 nitrogen and oxygen atoms in total. The fourth-order valence-electron chi connectivity index (χ4n) is 1.62. The number of nitro benzene ring substituents is 1. The molecule has 0 radical (unpaired) electrons. The lowest BCUT2D eigenvalue weighted by Crippen LogP contribution is -2.10. The van der Waals surface area contributed by atoms with Crippen molar-refractivity contribution < 1.29 is 14.4 Å². The highest BCUT2D eigenvalue weighted by molar-refractivity contribution is 7.80. The van der Waals surface area contributed by atoms with Gasteiger partial charge in [-0.05, 0) is 25.0 Å². The van der Waals surface area contributed by atoms with Gasteiger partial charge in [-0.2, -0.15) is 12.6 Å². The van der Waals surface area contributed by atoms with Crippen molar-refractivity contribution in [1.82, 2.24) is 0 Å². The van der Waals surface area contributed by atoms with E-state index in [0.29, 0.717) is 31.3 Å². The van der Waals surface area contributed by atoms with Gasteiger partial charge in [0.25, 0.3) is 0 Å². The van der Waals surface area contributed by atoms with E-state index in [4.69, 9.17) is 9.47 Å². The van der Waals surface area contributed by atoms with E-state index in [1.165, 1.54) is 6.07 Å². The lowest BCUT2D eigenvalue weighted by atomic mass is 10.1. The van der Waals surface area contributed by atoms with Gasteiger partial charge in [0.15, 0.2) is 5.75 Å². The number of nitrogens with zero attached hydrogens (tertiary/aromatic N) is 1. The van der Waals surface area contributed by atoms with Crippen LogP contribution in [0.1, 0.15) is 11.1 Å². The number of thiol groups is 1. The highest BCUT2D eigenvalue weighted by Crippen LogP contribution is 2.31. The van der Waals surface area contributed by atoms with Gasteiger partial charge in [-0.3, -0.25) is 10.1 Å². The van der Waals surface area contributed by atoms with Crippen LogP contribution in [0.4, 0.5) is 5.69 Å². The van der Waals surface area contributed by atoms with Crippen LogP contribution < -0.4 is 4.74 Å². The average molecular weight is 271 g/mol. The Labute approximate surface area is 112 Å². The molecule has 1 rings (SSSR count). The van der Waals surface area contributed by atoms with Crippen LogP contribution >= 0.6 is 12.6 Å². The molecule has 0 atom stereocenters. The number of nitro groups is 1. The van der Waals surface area contributed by atoms with Crippen molar-refractivity contribution in [2.24, 2.45) is 0 Å². The zero-order valence-electron chi connectivity index (χ0n) is 10.5. The van der Waals surface area contributed by atoms with E-state index in [0.717, 1.165) is 11.1 Å². The van der Waals surface area contributed by atoms with E-state index < -0.39 is 4.92 Å². The monoisotopic (exact) mass is 271 g/mol. The minimum Gasteiger partial charge on any atom is -0.484 e. The predicted octanol–water partition coefficient (Wildman–Crippen LogP) is 2.54. The average Bonchev–Trinajstić information content (AvgIpc) is 2.30. The van der Waals surface area contributed by atoms with Gasteiger partial charge in [-0.25, -0.2) is 0 Å². The maximum atomic E-state index is 10.9. The predicted molar refractivity (Wildman–Crippen MR) is 72.7 cm³/mol. The molecule has 0 saturated carbocycles. The first-order valence-corrected chi connectivity index (χ1v) is 6.26. The third-order valence-corrected chi connectivity index (χ3v) is 2.49. The molecule has 0 aliphatic rings. The molecular formula is C12H17NO4S. The molecule has 0 unspecified atom stereocenters. The van der Waals surface area contributed by atoms with Crippen molar-refractivity contribution >= 4 is 18.3 Å². The standard InChI is InChI=1S/C12H17NO4S/c1-9-7-10(2)12(11(8-9)13(14)15)17-4-3-16-5-6-18/h7-8,18H,3-6H2,1-2H3. The van der Waals surface area contributed by atoms with Gasteiger partial charge < -0.3 is 9.47 Å². The Balaban J connectivity index is 2.71. The summed E-state index contributed by atoms with van der Waals surface area (Å²) in [5.41, 5.74) is 1.61. The fraction of sp³-hybridized carbons (Fsp3) is 0.500. The van der Waals surface area contributed by atoms with Crippen LogP contribution in [0.25, 0.3) is 0 Å². The Morgan fingerprint density at radius 3 is 2.61 bits per heavy atom. The van der Waals surface area contributed by atoms with Crippen molar-refractivity contribution in [3.05, 3.63) is 33.4 Å². The normalized spacial score (nSPS) is 10.4. The fourth-order valence-corrected chi connectivity index (χ4v) is 1.75. The van der Waals surface area contributed by atoms with E-state index in [9.17, 15) is 10.1 Å². The lowest BCUT2D eigenvalue weighted by Gasteiger charge is -2.10. The maximum Gasteiger partial charge on any atom is 0.311 e. The van der Waals surface area contributed by atoms with E-state index in [1.807, 2.05) is 13.0 Å². The quantitative estimate of drug-likeness (QED) is 0.358. The number of aryl methyl sites for hydroxylation is 2. The molecule has 1 aromatic rings. The summed E-state index contributed by atoms with van der Waals surface area (Å²) in [7, 11) is 0. The number of benzene rings is 1. The second-order valence-corrected chi connectivity index (χ2v) is 4.32. The zero-order chi connectivity index (χ0) is 13.5. The molecule has 0 amide bonds. The van der Waals surface area contributed by atoms with Gasteiger partial charge >= 0.3 is 5.69 Å². The first kappa shape index (κ1) is 14.8. The number of hydrogen-bond donors (Lipinski definition) is 1. The van der Waals surface area contributed by atoms with Gasteiger partial charge in [0, 0.05) is 11.8 Å². The van der Waals surface area contributed by atoms with Crippen molar-refractivity contribution in [2.45, 2.75) is 13.8 Å². The van der Waals surface area contributed by atoms with Crippen molar-refractivity contribution in [2.75, 3.05) is 25.6 Å². The Bertz CT molecular complexity index is 423. The van der Waals surface area contributed by atoms with Crippen molar-refractivity contribution in [1.29, 1.82) is 0 Å². The summed E-state index contributed by atoms with van der Waals surface area (Å²) in [6, 6.07) is 3.37. The van der Waals surface area contributed by atoms with Crippen LogP contribution in [0.3, 0.4) is 0 Å². The van der Waals surface area contributed by atoms with Crippen LogP contribution in [0.2, 0.25) is 0 Å². The summed E-state index contributed by atoms with van der Waals surface area (Å²) in [6.07, 6.45) is 0. The van der Waals surface area contributed by atoms with E-state index in [1.54, 1.807) is 6.92 Å². The van der Waals surface area contributed by atoms with E-state index in [2.05, 4.69) is 12.6 Å². The molecule has 6 heteroatoms. The van der Waals surface area contributed by atoms with Crippen molar-refractivity contribution in [3.8, 4) is 5.75 Å². The summed E-state index contributed by atoms with van der Waals surface area (Å²) >= 11 is 4.01. The third-order valence-electron chi connectivity index (χ3n) is 2.31. The third kappa shape index (κ3) is 4.19. The summed E-state index contributed by atoms with van der Waals surface area (Å²) in [5, 5.41) is 10.9. The smallest absolute Gasteiger partial charge is 0.311 e. The first-order valence-electron chi connectivity index (χ1n) is 5.63.